The molecule has 0 saturated carbocycles. The molecule has 0 bridgehead atoms. The van der Waals surface area contributed by atoms with Crippen LogP contribution in [-0.4, -0.2) is 56.2 Å². The van der Waals surface area contributed by atoms with Gasteiger partial charge in [-0.15, -0.1) is 0 Å². The SMILES string of the molecule is CCOC(=O)C1=C(CN2CCC(C(=O)OC)CC2)NC(=O)N[C@H]1c1ccco1. The number of carbonyl (C=O) groups excluding carboxylic acids is 3. The van der Waals surface area contributed by atoms with Crippen LogP contribution in [0.15, 0.2) is 34.1 Å². The maximum atomic E-state index is 12.6. The number of esters is 2. The summed E-state index contributed by atoms with van der Waals surface area (Å²) in [5, 5.41) is 5.47. The topological polar surface area (TPSA) is 110 Å². The molecule has 28 heavy (non-hydrogen) atoms. The van der Waals surface area contributed by atoms with Gasteiger partial charge in [0.1, 0.15) is 11.8 Å². The lowest BCUT2D eigenvalue weighted by Crippen LogP contribution is -2.49. The summed E-state index contributed by atoms with van der Waals surface area (Å²) in [5.41, 5.74) is 0.812. The number of nitrogens with zero attached hydrogens (tertiary/aromatic N) is 1. The summed E-state index contributed by atoms with van der Waals surface area (Å²) in [6, 6.07) is 2.28. The van der Waals surface area contributed by atoms with Gasteiger partial charge in [-0.1, -0.05) is 0 Å². The monoisotopic (exact) mass is 391 g/mol. The summed E-state index contributed by atoms with van der Waals surface area (Å²) in [4.78, 5) is 38.7. The van der Waals surface area contributed by atoms with Crippen LogP contribution < -0.4 is 10.6 Å². The van der Waals surface area contributed by atoms with Crippen molar-refractivity contribution in [3.63, 3.8) is 0 Å². The number of piperidine rings is 1. The second-order valence-corrected chi connectivity index (χ2v) is 6.73. The van der Waals surface area contributed by atoms with Crippen molar-refractivity contribution < 1.29 is 28.3 Å². The highest BCUT2D eigenvalue weighted by Gasteiger charge is 2.36. The van der Waals surface area contributed by atoms with E-state index >= 15 is 0 Å². The molecule has 1 saturated heterocycles. The van der Waals surface area contributed by atoms with Crippen molar-refractivity contribution in [2.24, 2.45) is 5.92 Å². The Morgan fingerprint density at radius 1 is 1.32 bits per heavy atom. The molecule has 9 nitrogen and oxygen atoms in total. The van der Waals surface area contributed by atoms with Gasteiger partial charge in [-0.25, -0.2) is 9.59 Å². The first-order valence-corrected chi connectivity index (χ1v) is 9.34. The van der Waals surface area contributed by atoms with Gasteiger partial charge in [-0.2, -0.15) is 0 Å². The van der Waals surface area contributed by atoms with Crippen LogP contribution in [0.4, 0.5) is 4.79 Å². The number of carbonyl (C=O) groups is 3. The molecule has 0 radical (unpaired) electrons. The first-order valence-electron chi connectivity index (χ1n) is 9.34. The fourth-order valence-electron chi connectivity index (χ4n) is 3.58. The van der Waals surface area contributed by atoms with Crippen molar-refractivity contribution in [2.75, 3.05) is 33.4 Å². The summed E-state index contributed by atoms with van der Waals surface area (Å²) >= 11 is 0. The normalized spacial score (nSPS) is 21.1. The number of urea groups is 1. The van der Waals surface area contributed by atoms with Gasteiger partial charge < -0.3 is 24.5 Å². The van der Waals surface area contributed by atoms with Crippen LogP contribution in [0, 0.1) is 5.92 Å². The number of methoxy groups -OCH3 is 1. The number of hydrogen-bond donors (Lipinski definition) is 2. The van der Waals surface area contributed by atoms with E-state index < -0.39 is 18.0 Å². The van der Waals surface area contributed by atoms with Crippen molar-refractivity contribution in [1.82, 2.24) is 15.5 Å². The molecule has 152 valence electrons. The Hall–Kier alpha value is -2.81. The van der Waals surface area contributed by atoms with Crippen molar-refractivity contribution in [1.29, 1.82) is 0 Å². The number of ether oxygens (including phenoxy) is 2. The lowest BCUT2D eigenvalue weighted by atomic mass is 9.95. The minimum atomic E-state index is -0.717. The molecule has 1 fully saturated rings. The highest BCUT2D eigenvalue weighted by molar-refractivity contribution is 5.95. The van der Waals surface area contributed by atoms with Crippen molar-refractivity contribution in [3.8, 4) is 0 Å². The van der Waals surface area contributed by atoms with Crippen LogP contribution in [0.2, 0.25) is 0 Å². The smallest absolute Gasteiger partial charge is 0.338 e. The summed E-state index contributed by atoms with van der Waals surface area (Å²) in [6.07, 6.45) is 2.83. The zero-order valence-electron chi connectivity index (χ0n) is 16.0. The van der Waals surface area contributed by atoms with E-state index in [-0.39, 0.29) is 18.5 Å². The number of rotatable bonds is 6. The van der Waals surface area contributed by atoms with Gasteiger partial charge in [0, 0.05) is 12.2 Å². The van der Waals surface area contributed by atoms with E-state index in [4.69, 9.17) is 13.9 Å². The van der Waals surface area contributed by atoms with Crippen molar-refractivity contribution >= 4 is 18.0 Å². The average Bonchev–Trinajstić information content (AvgIpc) is 3.22. The van der Waals surface area contributed by atoms with Gasteiger partial charge in [0.2, 0.25) is 0 Å². The molecule has 9 heteroatoms. The predicted molar refractivity (Wildman–Crippen MR) is 98.0 cm³/mol. The van der Waals surface area contributed by atoms with Gasteiger partial charge in [0.05, 0.1) is 31.5 Å². The zero-order valence-corrected chi connectivity index (χ0v) is 16.0. The third-order valence-corrected chi connectivity index (χ3v) is 4.98. The summed E-state index contributed by atoms with van der Waals surface area (Å²) in [7, 11) is 1.39. The number of furan rings is 1. The van der Waals surface area contributed by atoms with Crippen LogP contribution in [0.5, 0.6) is 0 Å². The average molecular weight is 391 g/mol. The molecule has 1 atom stereocenters. The Balaban J connectivity index is 1.82. The third-order valence-electron chi connectivity index (χ3n) is 4.98. The Morgan fingerprint density at radius 2 is 2.07 bits per heavy atom. The van der Waals surface area contributed by atoms with E-state index in [0.717, 1.165) is 0 Å². The second kappa shape index (κ2) is 8.92. The van der Waals surface area contributed by atoms with Gasteiger partial charge >= 0.3 is 18.0 Å². The van der Waals surface area contributed by atoms with E-state index in [1.54, 1.807) is 19.1 Å². The second-order valence-electron chi connectivity index (χ2n) is 6.73. The summed E-state index contributed by atoms with van der Waals surface area (Å²) in [6.45, 7) is 3.64. The first kappa shape index (κ1) is 19.9. The van der Waals surface area contributed by atoms with E-state index in [1.165, 1.54) is 13.4 Å². The van der Waals surface area contributed by atoms with Crippen LogP contribution >= 0.6 is 0 Å². The molecule has 0 unspecified atom stereocenters. The third kappa shape index (κ3) is 4.36. The summed E-state index contributed by atoms with van der Waals surface area (Å²) in [5.74, 6) is -0.354. The van der Waals surface area contributed by atoms with Gasteiger partial charge in [-0.05, 0) is 45.0 Å². The quantitative estimate of drug-likeness (QED) is 0.704. The van der Waals surface area contributed by atoms with Crippen LogP contribution in [0.25, 0.3) is 0 Å². The Bertz CT molecular complexity index is 750. The highest BCUT2D eigenvalue weighted by atomic mass is 16.5. The molecule has 2 amide bonds. The predicted octanol–water partition coefficient (Wildman–Crippen LogP) is 1.34. The van der Waals surface area contributed by atoms with Crippen LogP contribution in [-0.2, 0) is 19.1 Å². The molecule has 1 aromatic rings. The largest absolute Gasteiger partial charge is 0.469 e. The highest BCUT2D eigenvalue weighted by Crippen LogP contribution is 2.29. The lowest BCUT2D eigenvalue weighted by Gasteiger charge is -2.34. The van der Waals surface area contributed by atoms with Gasteiger partial charge in [0.15, 0.2) is 0 Å². The maximum Gasteiger partial charge on any atom is 0.338 e. The van der Waals surface area contributed by atoms with E-state index in [9.17, 15) is 14.4 Å². The molecule has 1 aromatic heterocycles. The van der Waals surface area contributed by atoms with E-state index in [0.29, 0.717) is 49.5 Å². The van der Waals surface area contributed by atoms with Crippen molar-refractivity contribution in [2.45, 2.75) is 25.8 Å². The van der Waals surface area contributed by atoms with Crippen LogP contribution in [0.3, 0.4) is 0 Å². The number of hydrogen-bond acceptors (Lipinski definition) is 7. The maximum absolute atomic E-state index is 12.6. The van der Waals surface area contributed by atoms with E-state index in [2.05, 4.69) is 15.5 Å². The fourth-order valence-corrected chi connectivity index (χ4v) is 3.58. The summed E-state index contributed by atoms with van der Waals surface area (Å²) < 4.78 is 15.5. The standard InChI is InChI=1S/C19H25N3O6/c1-3-27-18(24)15-13(11-22-8-6-12(7-9-22)17(23)26-2)20-19(25)21-16(15)14-5-4-10-28-14/h4-5,10,12,16H,3,6-9,11H2,1-2H3,(H2,20,21,25)/t16-/m0/s1. The zero-order chi connectivity index (χ0) is 20.1. The number of likely N-dealkylation sites (tertiary alicyclic amines) is 1. The van der Waals surface area contributed by atoms with Crippen molar-refractivity contribution in [3.05, 3.63) is 35.4 Å². The molecule has 3 rings (SSSR count). The molecular weight excluding hydrogens is 366 g/mol. The molecule has 0 aliphatic carbocycles. The Kier molecular flexibility index (Phi) is 6.35. The molecule has 0 aromatic carbocycles. The number of nitrogens with one attached hydrogen (secondary N) is 2. The lowest BCUT2D eigenvalue weighted by molar-refractivity contribution is -0.147. The minimum absolute atomic E-state index is 0.113. The molecule has 2 N–H and O–H groups in total. The number of amides is 2. The molecule has 3 heterocycles. The Morgan fingerprint density at radius 3 is 2.68 bits per heavy atom. The van der Waals surface area contributed by atoms with Gasteiger partial charge in [-0.3, -0.25) is 9.69 Å². The van der Waals surface area contributed by atoms with Crippen LogP contribution in [0.1, 0.15) is 31.6 Å². The molecule has 0 spiro atoms. The molecule has 2 aliphatic rings. The minimum Gasteiger partial charge on any atom is -0.469 e. The van der Waals surface area contributed by atoms with Gasteiger partial charge in [0.25, 0.3) is 0 Å². The Labute approximate surface area is 163 Å². The fraction of sp³-hybridized carbons (Fsp3) is 0.526. The molecular formula is C19H25N3O6. The first-order chi connectivity index (χ1) is 13.5. The molecule has 2 aliphatic heterocycles. The van der Waals surface area contributed by atoms with E-state index in [1.807, 2.05) is 0 Å².